The van der Waals surface area contributed by atoms with Crippen LogP contribution in [0.4, 0.5) is 5.95 Å². The van der Waals surface area contributed by atoms with Crippen molar-refractivity contribution in [1.82, 2.24) is 20.2 Å². The number of carbonyl (C=O) groups excluding carboxylic acids is 1. The number of hydrogen-bond acceptors (Lipinski definition) is 7. The lowest BCUT2D eigenvalue weighted by Gasteiger charge is -2.34. The number of rotatable bonds is 8. The first-order valence-electron chi connectivity index (χ1n) is 10.8. The second-order valence-corrected chi connectivity index (χ2v) is 9.95. The minimum Gasteiger partial charge on any atom is -0.378 e. The molecule has 0 aliphatic carbocycles. The van der Waals surface area contributed by atoms with Crippen molar-refractivity contribution in [3.8, 4) is 0 Å². The van der Waals surface area contributed by atoms with Crippen LogP contribution in [0.25, 0.3) is 0 Å². The van der Waals surface area contributed by atoms with Gasteiger partial charge in [-0.3, -0.25) is 19.5 Å². The fraction of sp³-hybridized carbons (Fsp3) is 0.348. The van der Waals surface area contributed by atoms with Crippen LogP contribution in [-0.2, 0) is 24.4 Å². The van der Waals surface area contributed by atoms with Gasteiger partial charge in [0.05, 0.1) is 17.2 Å². The number of piperazine rings is 1. The number of anilines is 1. The first-order chi connectivity index (χ1) is 16.4. The highest BCUT2D eigenvalue weighted by molar-refractivity contribution is 7.14. The highest BCUT2D eigenvalue weighted by atomic mass is 35.5. The van der Waals surface area contributed by atoms with Gasteiger partial charge in [-0.2, -0.15) is 0 Å². The molecule has 0 atom stereocenters. The fourth-order valence-corrected chi connectivity index (χ4v) is 5.16. The number of thiophene rings is 1. The number of nitrogens with one attached hydrogen (secondary N) is 2. The lowest BCUT2D eigenvalue weighted by Crippen LogP contribution is -2.46. The molecule has 1 aliphatic rings. The minimum atomic E-state index is -0.179. The van der Waals surface area contributed by atoms with Crippen LogP contribution in [0.1, 0.15) is 25.8 Å². The van der Waals surface area contributed by atoms with E-state index in [-0.39, 0.29) is 11.5 Å². The van der Waals surface area contributed by atoms with Crippen LogP contribution < -0.4 is 15.8 Å². The van der Waals surface area contributed by atoms with Crippen molar-refractivity contribution in [2.24, 2.45) is 0 Å². The Morgan fingerprint density at radius 1 is 1.18 bits per heavy atom. The first kappa shape index (κ1) is 24.7. The zero-order valence-corrected chi connectivity index (χ0v) is 21.0. The van der Waals surface area contributed by atoms with Gasteiger partial charge in [-0.1, -0.05) is 29.3 Å². The van der Waals surface area contributed by atoms with Crippen LogP contribution in [0.5, 0.6) is 0 Å². The molecular weight excluding hydrogens is 497 g/mol. The van der Waals surface area contributed by atoms with E-state index in [4.69, 9.17) is 27.9 Å². The molecular formula is C23H25Cl2N5O3S. The summed E-state index contributed by atoms with van der Waals surface area (Å²) in [6.07, 6.45) is 0. The third-order valence-electron chi connectivity index (χ3n) is 5.47. The van der Waals surface area contributed by atoms with Gasteiger partial charge >= 0.3 is 0 Å². The van der Waals surface area contributed by atoms with Crippen LogP contribution in [-0.4, -0.2) is 54.1 Å². The molecule has 1 amide bonds. The number of carbonyl (C=O) groups is 1. The molecule has 0 spiro atoms. The Bertz CT molecular complexity index is 1210. The summed E-state index contributed by atoms with van der Waals surface area (Å²) in [7, 11) is 1.58. The number of amides is 1. The van der Waals surface area contributed by atoms with Crippen molar-refractivity contribution >= 4 is 46.4 Å². The summed E-state index contributed by atoms with van der Waals surface area (Å²) in [6, 6.07) is 10.5. The van der Waals surface area contributed by atoms with Crippen molar-refractivity contribution in [1.29, 1.82) is 0 Å². The zero-order valence-electron chi connectivity index (χ0n) is 18.6. The molecule has 0 saturated carbocycles. The molecule has 3 heterocycles. The van der Waals surface area contributed by atoms with E-state index >= 15 is 0 Å². The molecule has 1 aliphatic heterocycles. The van der Waals surface area contributed by atoms with E-state index in [0.29, 0.717) is 39.7 Å². The lowest BCUT2D eigenvalue weighted by atomic mass is 10.2. The molecule has 1 aromatic carbocycles. The average Bonchev–Trinajstić information content (AvgIpc) is 3.27. The number of methoxy groups -OCH3 is 1. The number of ether oxygens (including phenoxy) is 1. The normalized spacial score (nSPS) is 14.4. The molecule has 8 nitrogen and oxygen atoms in total. The Morgan fingerprint density at radius 3 is 2.71 bits per heavy atom. The molecule has 2 aromatic heterocycles. The van der Waals surface area contributed by atoms with Gasteiger partial charge in [0, 0.05) is 67.4 Å². The molecule has 1 fully saturated rings. The standard InChI is InChI=1S/C23H25Cl2N5O3S/c1-33-14-17-11-21(31)28-23(27-17)30-8-6-29(7-9-30)13-18-4-5-20(34-18)22(32)26-12-15-2-3-16(24)10-19(15)25/h2-5,10-11H,6-9,12-14H2,1H3,(H,26,32)(H,27,28,31). The third-order valence-corrected chi connectivity index (χ3v) is 7.12. The van der Waals surface area contributed by atoms with Gasteiger partial charge in [-0.15, -0.1) is 11.3 Å². The molecule has 0 radical (unpaired) electrons. The van der Waals surface area contributed by atoms with E-state index < -0.39 is 0 Å². The van der Waals surface area contributed by atoms with E-state index in [1.807, 2.05) is 18.2 Å². The van der Waals surface area contributed by atoms with Gasteiger partial charge < -0.3 is 15.0 Å². The van der Waals surface area contributed by atoms with Crippen LogP contribution in [0.3, 0.4) is 0 Å². The number of aromatic nitrogens is 2. The monoisotopic (exact) mass is 521 g/mol. The second-order valence-electron chi connectivity index (χ2n) is 7.94. The number of nitrogens with zero attached hydrogens (tertiary/aromatic N) is 3. The predicted molar refractivity (Wildman–Crippen MR) is 135 cm³/mol. The quantitative estimate of drug-likeness (QED) is 0.471. The summed E-state index contributed by atoms with van der Waals surface area (Å²) in [5.41, 5.74) is 1.26. The number of hydrogen-bond donors (Lipinski definition) is 2. The number of aromatic amines is 1. The van der Waals surface area contributed by atoms with E-state index in [1.54, 1.807) is 19.2 Å². The summed E-state index contributed by atoms with van der Waals surface area (Å²) in [4.78, 5) is 38.0. The molecule has 2 N–H and O–H groups in total. The van der Waals surface area contributed by atoms with Crippen LogP contribution in [0.2, 0.25) is 10.0 Å². The van der Waals surface area contributed by atoms with Gasteiger partial charge in [0.2, 0.25) is 5.95 Å². The van der Waals surface area contributed by atoms with E-state index in [1.165, 1.54) is 17.4 Å². The largest absolute Gasteiger partial charge is 0.378 e. The minimum absolute atomic E-state index is 0.127. The third kappa shape index (κ3) is 6.37. The predicted octanol–water partition coefficient (Wildman–Crippen LogP) is 3.54. The Hall–Kier alpha value is -2.43. The Labute approximate surface area is 211 Å². The molecule has 11 heteroatoms. The first-order valence-corrected chi connectivity index (χ1v) is 12.4. The highest BCUT2D eigenvalue weighted by Crippen LogP contribution is 2.22. The second kappa shape index (κ2) is 11.3. The highest BCUT2D eigenvalue weighted by Gasteiger charge is 2.20. The van der Waals surface area contributed by atoms with E-state index in [0.717, 1.165) is 43.2 Å². The zero-order chi connectivity index (χ0) is 24.1. The number of H-pyrrole nitrogens is 1. The van der Waals surface area contributed by atoms with E-state index in [2.05, 4.69) is 25.1 Å². The van der Waals surface area contributed by atoms with Gasteiger partial charge in [0.25, 0.3) is 11.5 Å². The van der Waals surface area contributed by atoms with E-state index in [9.17, 15) is 9.59 Å². The van der Waals surface area contributed by atoms with Gasteiger partial charge in [-0.05, 0) is 29.8 Å². The van der Waals surface area contributed by atoms with Gasteiger partial charge in [-0.25, -0.2) is 4.98 Å². The molecule has 0 bridgehead atoms. The van der Waals surface area contributed by atoms with Crippen LogP contribution >= 0.6 is 34.5 Å². The lowest BCUT2D eigenvalue weighted by molar-refractivity contribution is 0.0955. The van der Waals surface area contributed by atoms with Crippen molar-refractivity contribution in [2.45, 2.75) is 19.7 Å². The summed E-state index contributed by atoms with van der Waals surface area (Å²) < 4.78 is 5.09. The maximum Gasteiger partial charge on any atom is 0.261 e. The van der Waals surface area contributed by atoms with Crippen molar-refractivity contribution < 1.29 is 9.53 Å². The van der Waals surface area contributed by atoms with Crippen molar-refractivity contribution in [3.63, 3.8) is 0 Å². The molecule has 1 saturated heterocycles. The average molecular weight is 522 g/mol. The molecule has 3 aromatic rings. The van der Waals surface area contributed by atoms with Gasteiger partial charge in [0.1, 0.15) is 0 Å². The maximum absolute atomic E-state index is 12.6. The van der Waals surface area contributed by atoms with Gasteiger partial charge in [0.15, 0.2) is 0 Å². The SMILES string of the molecule is COCc1cc(=O)[nH]c(N2CCN(Cc3ccc(C(=O)NCc4ccc(Cl)cc4Cl)s3)CC2)n1. The molecule has 4 rings (SSSR count). The van der Waals surface area contributed by atoms with Crippen molar-refractivity contribution in [2.75, 3.05) is 38.2 Å². The number of halogens is 2. The summed E-state index contributed by atoms with van der Waals surface area (Å²) in [5, 5.41) is 4.01. The summed E-state index contributed by atoms with van der Waals surface area (Å²) >= 11 is 13.6. The van der Waals surface area contributed by atoms with Crippen molar-refractivity contribution in [3.05, 3.63) is 77.8 Å². The topological polar surface area (TPSA) is 90.6 Å². The molecule has 0 unspecified atom stereocenters. The molecule has 34 heavy (non-hydrogen) atoms. The maximum atomic E-state index is 12.6. The van der Waals surface area contributed by atoms with Crippen LogP contribution in [0, 0.1) is 0 Å². The smallest absolute Gasteiger partial charge is 0.261 e. The molecule has 180 valence electrons. The Morgan fingerprint density at radius 2 is 1.97 bits per heavy atom. The summed E-state index contributed by atoms with van der Waals surface area (Å²) in [5.74, 6) is 0.452. The summed E-state index contributed by atoms with van der Waals surface area (Å²) in [6.45, 7) is 4.56. The fourth-order valence-electron chi connectivity index (χ4n) is 3.72. The number of benzene rings is 1. The Balaban J connectivity index is 1.28. The Kier molecular flexibility index (Phi) is 8.23. The van der Waals surface area contributed by atoms with Crippen LogP contribution in [0.15, 0.2) is 41.2 Å².